The quantitative estimate of drug-likeness (QED) is 0.759. The lowest BCUT2D eigenvalue weighted by Crippen LogP contribution is -2.40. The van der Waals surface area contributed by atoms with Gasteiger partial charge in [0.1, 0.15) is 0 Å². The number of rotatable bonds is 6. The summed E-state index contributed by atoms with van der Waals surface area (Å²) in [6, 6.07) is 2.88. The van der Waals surface area contributed by atoms with E-state index in [-0.39, 0.29) is 24.6 Å². The van der Waals surface area contributed by atoms with Crippen molar-refractivity contribution in [3.8, 4) is 0 Å². The number of ether oxygens (including phenoxy) is 1. The SMILES string of the molecule is CCC(C)N(CCC(=O)OC)C(=O)c1ccc(F)c(F)c1. The van der Waals surface area contributed by atoms with Gasteiger partial charge < -0.3 is 9.64 Å². The molecular formula is C15H19F2NO3. The molecule has 1 aromatic rings. The number of esters is 1. The average Bonchev–Trinajstić information content (AvgIpc) is 2.49. The Balaban J connectivity index is 2.93. The summed E-state index contributed by atoms with van der Waals surface area (Å²) in [5, 5.41) is 0. The standard InChI is InChI=1S/C15H19F2NO3/c1-4-10(2)18(8-7-14(19)21-3)15(20)11-5-6-12(16)13(17)9-11/h5-6,9-10H,4,7-8H2,1-3H3. The van der Waals surface area contributed by atoms with Gasteiger partial charge in [-0.25, -0.2) is 8.78 Å². The van der Waals surface area contributed by atoms with Crippen LogP contribution in [0.5, 0.6) is 0 Å². The summed E-state index contributed by atoms with van der Waals surface area (Å²) in [6.45, 7) is 3.89. The zero-order valence-corrected chi connectivity index (χ0v) is 12.4. The molecule has 0 saturated heterocycles. The second-order valence-electron chi connectivity index (χ2n) is 4.71. The normalized spacial score (nSPS) is 11.9. The minimum atomic E-state index is -1.07. The summed E-state index contributed by atoms with van der Waals surface area (Å²) in [7, 11) is 1.27. The van der Waals surface area contributed by atoms with Gasteiger partial charge in [0.2, 0.25) is 0 Å². The topological polar surface area (TPSA) is 46.6 Å². The third-order valence-corrected chi connectivity index (χ3v) is 3.33. The smallest absolute Gasteiger partial charge is 0.307 e. The van der Waals surface area contributed by atoms with Crippen LogP contribution in [0.2, 0.25) is 0 Å². The van der Waals surface area contributed by atoms with Crippen LogP contribution in [-0.4, -0.2) is 36.5 Å². The highest BCUT2D eigenvalue weighted by Crippen LogP contribution is 2.14. The van der Waals surface area contributed by atoms with E-state index in [1.165, 1.54) is 18.1 Å². The van der Waals surface area contributed by atoms with E-state index < -0.39 is 23.5 Å². The molecule has 0 spiro atoms. The van der Waals surface area contributed by atoms with Gasteiger partial charge in [-0.3, -0.25) is 9.59 Å². The van der Waals surface area contributed by atoms with Gasteiger partial charge in [-0.2, -0.15) is 0 Å². The first-order valence-electron chi connectivity index (χ1n) is 6.73. The third kappa shape index (κ3) is 4.51. The highest BCUT2D eigenvalue weighted by Gasteiger charge is 2.22. The largest absolute Gasteiger partial charge is 0.469 e. The number of nitrogens with zero attached hydrogens (tertiary/aromatic N) is 1. The van der Waals surface area contributed by atoms with Crippen LogP contribution in [0.3, 0.4) is 0 Å². The fourth-order valence-corrected chi connectivity index (χ4v) is 1.85. The highest BCUT2D eigenvalue weighted by molar-refractivity contribution is 5.94. The second kappa shape index (κ2) is 7.71. The molecule has 1 unspecified atom stereocenters. The molecule has 1 rings (SSSR count). The van der Waals surface area contributed by atoms with Gasteiger partial charge in [0.25, 0.3) is 5.91 Å². The molecule has 116 valence electrons. The lowest BCUT2D eigenvalue weighted by Gasteiger charge is -2.28. The van der Waals surface area contributed by atoms with Gasteiger partial charge in [0, 0.05) is 18.2 Å². The Kier molecular flexibility index (Phi) is 6.27. The Morgan fingerprint density at radius 1 is 1.29 bits per heavy atom. The van der Waals surface area contributed by atoms with E-state index >= 15 is 0 Å². The maximum atomic E-state index is 13.2. The Labute approximate surface area is 122 Å². The molecule has 0 heterocycles. The number of amides is 1. The molecular weight excluding hydrogens is 280 g/mol. The van der Waals surface area contributed by atoms with Gasteiger partial charge in [-0.1, -0.05) is 6.92 Å². The maximum Gasteiger partial charge on any atom is 0.307 e. The maximum absolute atomic E-state index is 13.2. The van der Waals surface area contributed by atoms with Crippen molar-refractivity contribution in [2.24, 2.45) is 0 Å². The molecule has 0 aliphatic carbocycles. The number of carbonyl (C=O) groups is 2. The molecule has 1 atom stereocenters. The third-order valence-electron chi connectivity index (χ3n) is 3.33. The molecule has 0 fully saturated rings. The van der Waals surface area contributed by atoms with Gasteiger partial charge in [-0.15, -0.1) is 0 Å². The van der Waals surface area contributed by atoms with Crippen LogP contribution in [0.4, 0.5) is 8.78 Å². The first-order chi connectivity index (χ1) is 9.90. The van der Waals surface area contributed by atoms with Gasteiger partial charge in [0.05, 0.1) is 13.5 Å². The lowest BCUT2D eigenvalue weighted by molar-refractivity contribution is -0.140. The van der Waals surface area contributed by atoms with Crippen molar-refractivity contribution in [3.05, 3.63) is 35.4 Å². The van der Waals surface area contributed by atoms with Crippen molar-refractivity contribution < 1.29 is 23.1 Å². The summed E-state index contributed by atoms with van der Waals surface area (Å²) >= 11 is 0. The van der Waals surface area contributed by atoms with Crippen molar-refractivity contribution in [2.75, 3.05) is 13.7 Å². The van der Waals surface area contributed by atoms with Gasteiger partial charge in [-0.05, 0) is 31.5 Å². The van der Waals surface area contributed by atoms with E-state index in [2.05, 4.69) is 4.74 Å². The van der Waals surface area contributed by atoms with Crippen LogP contribution < -0.4 is 0 Å². The Morgan fingerprint density at radius 2 is 1.95 bits per heavy atom. The van der Waals surface area contributed by atoms with Crippen LogP contribution >= 0.6 is 0 Å². The van der Waals surface area contributed by atoms with Crippen molar-refractivity contribution in [3.63, 3.8) is 0 Å². The van der Waals surface area contributed by atoms with Crippen LogP contribution in [0.15, 0.2) is 18.2 Å². The fourth-order valence-electron chi connectivity index (χ4n) is 1.85. The molecule has 21 heavy (non-hydrogen) atoms. The molecule has 0 radical (unpaired) electrons. The first kappa shape index (κ1) is 17.1. The number of carbonyl (C=O) groups excluding carboxylic acids is 2. The molecule has 1 amide bonds. The zero-order valence-electron chi connectivity index (χ0n) is 12.4. The number of hydrogen-bond acceptors (Lipinski definition) is 3. The Bertz CT molecular complexity index is 520. The van der Waals surface area contributed by atoms with E-state index in [1.54, 1.807) is 0 Å². The van der Waals surface area contributed by atoms with E-state index in [0.29, 0.717) is 6.42 Å². The number of benzene rings is 1. The minimum Gasteiger partial charge on any atom is -0.469 e. The minimum absolute atomic E-state index is 0.0518. The molecule has 0 aliphatic heterocycles. The second-order valence-corrected chi connectivity index (χ2v) is 4.71. The molecule has 0 saturated carbocycles. The average molecular weight is 299 g/mol. The zero-order chi connectivity index (χ0) is 16.0. The molecule has 6 heteroatoms. The molecule has 0 N–H and O–H groups in total. The monoisotopic (exact) mass is 299 g/mol. The van der Waals surface area contributed by atoms with Crippen LogP contribution in [0.25, 0.3) is 0 Å². The molecule has 0 bridgehead atoms. The lowest BCUT2D eigenvalue weighted by atomic mass is 10.1. The van der Waals surface area contributed by atoms with Crippen LogP contribution in [0.1, 0.15) is 37.0 Å². The van der Waals surface area contributed by atoms with Crippen molar-refractivity contribution in [1.29, 1.82) is 0 Å². The predicted molar refractivity (Wildman–Crippen MR) is 73.8 cm³/mol. The number of hydrogen-bond donors (Lipinski definition) is 0. The van der Waals surface area contributed by atoms with Crippen molar-refractivity contribution >= 4 is 11.9 Å². The molecule has 4 nitrogen and oxygen atoms in total. The fraction of sp³-hybridized carbons (Fsp3) is 0.467. The van der Waals surface area contributed by atoms with E-state index in [1.807, 2.05) is 13.8 Å². The summed E-state index contributed by atoms with van der Waals surface area (Å²) in [5.74, 6) is -2.94. The Morgan fingerprint density at radius 3 is 2.48 bits per heavy atom. The summed E-state index contributed by atoms with van der Waals surface area (Å²) in [6.07, 6.45) is 0.729. The Hall–Kier alpha value is -1.98. The summed E-state index contributed by atoms with van der Waals surface area (Å²) < 4.78 is 30.7. The van der Waals surface area contributed by atoms with E-state index in [4.69, 9.17) is 0 Å². The molecule has 1 aromatic carbocycles. The number of methoxy groups -OCH3 is 1. The van der Waals surface area contributed by atoms with Crippen molar-refractivity contribution in [2.45, 2.75) is 32.7 Å². The van der Waals surface area contributed by atoms with E-state index in [0.717, 1.165) is 12.1 Å². The first-order valence-corrected chi connectivity index (χ1v) is 6.73. The van der Waals surface area contributed by atoms with Crippen LogP contribution in [0, 0.1) is 11.6 Å². The van der Waals surface area contributed by atoms with Crippen molar-refractivity contribution in [1.82, 2.24) is 4.90 Å². The number of halogens is 2. The summed E-state index contributed by atoms with van der Waals surface area (Å²) in [4.78, 5) is 25.1. The van der Waals surface area contributed by atoms with E-state index in [9.17, 15) is 18.4 Å². The highest BCUT2D eigenvalue weighted by atomic mass is 19.2. The van der Waals surface area contributed by atoms with Crippen LogP contribution in [-0.2, 0) is 9.53 Å². The van der Waals surface area contributed by atoms with Gasteiger partial charge in [0.15, 0.2) is 11.6 Å². The molecule has 0 aromatic heterocycles. The van der Waals surface area contributed by atoms with Gasteiger partial charge >= 0.3 is 5.97 Å². The predicted octanol–water partition coefficient (Wildman–Crippen LogP) is 2.77. The molecule has 0 aliphatic rings. The summed E-state index contributed by atoms with van der Waals surface area (Å²) in [5.41, 5.74) is 0.0547.